The minimum Gasteiger partial charge on any atom is -0.418 e. The Morgan fingerprint density at radius 3 is 2.52 bits per heavy atom. The summed E-state index contributed by atoms with van der Waals surface area (Å²) in [6.07, 6.45) is 0.198. The lowest BCUT2D eigenvalue weighted by Gasteiger charge is -2.03. The summed E-state index contributed by atoms with van der Waals surface area (Å²) in [6.45, 7) is 5.60. The maximum absolute atomic E-state index is 12.7. The van der Waals surface area contributed by atoms with Gasteiger partial charge in [-0.2, -0.15) is 13.2 Å². The van der Waals surface area contributed by atoms with Crippen LogP contribution in [-0.2, 0) is 6.18 Å². The number of halogens is 3. The fourth-order valence-electron chi connectivity index (χ4n) is 1.95. The molecule has 0 aliphatic heterocycles. The highest BCUT2D eigenvalue weighted by atomic mass is 19.4. The second kappa shape index (κ2) is 7.42. The number of rotatable bonds is 2. The van der Waals surface area contributed by atoms with Gasteiger partial charge in [-0.3, -0.25) is 9.78 Å². The van der Waals surface area contributed by atoms with Gasteiger partial charge in [-0.15, -0.1) is 0 Å². The number of carbonyl (C=O) groups is 1. The molecular weight excluding hydrogens is 335 g/mol. The topological polar surface area (TPSA) is 68.9 Å². The lowest BCUT2D eigenvalue weighted by Crippen LogP contribution is -2.04. The molecule has 0 saturated carbocycles. The Balaban J connectivity index is 0.000000701. The Bertz CT molecular complexity index is 888. The Morgan fingerprint density at radius 1 is 1.24 bits per heavy atom. The van der Waals surface area contributed by atoms with Crippen LogP contribution in [0.4, 0.5) is 13.2 Å². The molecule has 0 aliphatic carbocycles. The van der Waals surface area contributed by atoms with Crippen LogP contribution < -0.4 is 0 Å². The lowest BCUT2D eigenvalue weighted by atomic mass is 10.1. The van der Waals surface area contributed by atoms with E-state index in [9.17, 15) is 18.0 Å². The van der Waals surface area contributed by atoms with E-state index in [1.54, 1.807) is 0 Å². The minimum absolute atomic E-state index is 0.0226. The van der Waals surface area contributed by atoms with Gasteiger partial charge in [0.1, 0.15) is 5.52 Å². The van der Waals surface area contributed by atoms with Gasteiger partial charge in [0.15, 0.2) is 5.78 Å². The average molecular weight is 351 g/mol. The van der Waals surface area contributed by atoms with E-state index in [0.29, 0.717) is 11.8 Å². The molecule has 0 aliphatic rings. The van der Waals surface area contributed by atoms with E-state index in [4.69, 9.17) is 4.42 Å². The van der Waals surface area contributed by atoms with Crippen LogP contribution in [0.2, 0.25) is 0 Å². The molecular formula is C17H16F3N3O2. The summed E-state index contributed by atoms with van der Waals surface area (Å²) in [7, 11) is 0. The predicted octanol–water partition coefficient (Wildman–Crippen LogP) is 4.92. The molecule has 0 N–H and O–H groups in total. The van der Waals surface area contributed by atoms with Crippen molar-refractivity contribution in [3.05, 3.63) is 41.9 Å². The molecule has 0 unspecified atom stereocenters. The highest BCUT2D eigenvalue weighted by Gasteiger charge is 2.31. The number of hydrogen-bond acceptors (Lipinski definition) is 5. The summed E-state index contributed by atoms with van der Waals surface area (Å²) in [5, 5.41) is 0. The van der Waals surface area contributed by atoms with E-state index in [1.807, 2.05) is 0 Å². The molecule has 3 aromatic heterocycles. The third kappa shape index (κ3) is 4.20. The van der Waals surface area contributed by atoms with Gasteiger partial charge in [0.25, 0.3) is 0 Å². The van der Waals surface area contributed by atoms with Crippen LogP contribution in [0.25, 0.3) is 22.7 Å². The van der Waals surface area contributed by atoms with Crippen molar-refractivity contribution in [2.75, 3.05) is 0 Å². The molecule has 0 bridgehead atoms. The molecule has 0 aromatic carbocycles. The Kier molecular flexibility index (Phi) is 5.51. The number of pyridine rings is 2. The number of ketones is 1. The van der Waals surface area contributed by atoms with Crippen LogP contribution in [-0.4, -0.2) is 20.7 Å². The second-order valence-corrected chi connectivity index (χ2v) is 5.25. The molecule has 25 heavy (non-hydrogen) atoms. The van der Waals surface area contributed by atoms with E-state index in [2.05, 4.69) is 28.8 Å². The molecule has 0 fully saturated rings. The summed E-state index contributed by atoms with van der Waals surface area (Å²) >= 11 is 0. The number of hydrogen-bond donors (Lipinski definition) is 0. The Morgan fingerprint density at radius 2 is 1.92 bits per heavy atom. The third-order valence-electron chi connectivity index (χ3n) is 3.01. The van der Waals surface area contributed by atoms with E-state index in [0.717, 1.165) is 6.07 Å². The number of aromatic nitrogens is 3. The largest absolute Gasteiger partial charge is 0.418 e. The van der Waals surface area contributed by atoms with Crippen LogP contribution in [0, 0.1) is 0 Å². The average Bonchev–Trinajstić information content (AvgIpc) is 2.97. The monoisotopic (exact) mass is 351 g/mol. The van der Waals surface area contributed by atoms with E-state index < -0.39 is 11.7 Å². The van der Waals surface area contributed by atoms with Gasteiger partial charge in [-0.05, 0) is 19.1 Å². The fraction of sp³-hybridized carbons (Fsp3) is 0.294. The van der Waals surface area contributed by atoms with Crippen molar-refractivity contribution >= 4 is 17.0 Å². The molecule has 0 saturated heterocycles. The normalized spacial score (nSPS) is 11.1. The number of nitrogens with zero attached hydrogens (tertiary/aromatic N) is 3. The molecule has 3 rings (SSSR count). The van der Waals surface area contributed by atoms with Crippen molar-refractivity contribution < 1.29 is 22.4 Å². The van der Waals surface area contributed by atoms with Gasteiger partial charge < -0.3 is 4.42 Å². The first-order valence-electron chi connectivity index (χ1n) is 7.57. The molecule has 8 heteroatoms. The first-order valence-corrected chi connectivity index (χ1v) is 7.57. The Labute approximate surface area is 141 Å². The zero-order valence-corrected chi connectivity index (χ0v) is 13.9. The van der Waals surface area contributed by atoms with Gasteiger partial charge in [0, 0.05) is 24.2 Å². The summed E-state index contributed by atoms with van der Waals surface area (Å²) in [5.41, 5.74) is -0.356. The van der Waals surface area contributed by atoms with Gasteiger partial charge in [-0.1, -0.05) is 20.3 Å². The zero-order valence-electron chi connectivity index (χ0n) is 13.9. The van der Waals surface area contributed by atoms with Crippen LogP contribution in [0.15, 0.2) is 35.1 Å². The van der Waals surface area contributed by atoms with Crippen LogP contribution >= 0.6 is 0 Å². The summed E-state index contributed by atoms with van der Waals surface area (Å²) < 4.78 is 43.3. The minimum atomic E-state index is -4.51. The van der Waals surface area contributed by atoms with Gasteiger partial charge in [0.2, 0.25) is 11.6 Å². The third-order valence-corrected chi connectivity index (χ3v) is 3.01. The Hall–Kier alpha value is -2.77. The second-order valence-electron chi connectivity index (χ2n) is 5.25. The molecule has 0 radical (unpaired) electrons. The summed E-state index contributed by atoms with van der Waals surface area (Å²) in [5.74, 6) is -0.233. The van der Waals surface area contributed by atoms with Crippen LogP contribution in [0.3, 0.4) is 0 Å². The van der Waals surface area contributed by atoms with Gasteiger partial charge in [0.05, 0.1) is 11.1 Å². The molecule has 3 heterocycles. The predicted molar refractivity (Wildman–Crippen MR) is 86.0 cm³/mol. The maximum Gasteiger partial charge on any atom is 0.417 e. The molecule has 5 nitrogen and oxygen atoms in total. The van der Waals surface area contributed by atoms with Crippen LogP contribution in [0.5, 0.6) is 0 Å². The van der Waals surface area contributed by atoms with E-state index >= 15 is 0 Å². The smallest absolute Gasteiger partial charge is 0.417 e. The number of oxazole rings is 1. The maximum atomic E-state index is 12.7. The molecule has 0 atom stereocenters. The van der Waals surface area contributed by atoms with Crippen molar-refractivity contribution in [3.8, 4) is 11.5 Å². The van der Waals surface area contributed by atoms with Gasteiger partial charge in [-0.25, -0.2) is 9.97 Å². The van der Waals surface area contributed by atoms with Gasteiger partial charge >= 0.3 is 6.18 Å². The van der Waals surface area contributed by atoms with Crippen molar-refractivity contribution in [1.29, 1.82) is 0 Å². The van der Waals surface area contributed by atoms with Crippen molar-refractivity contribution in [2.45, 2.75) is 33.4 Å². The fourth-order valence-corrected chi connectivity index (χ4v) is 1.95. The number of alkyl halides is 3. The zero-order chi connectivity index (χ0) is 18.6. The van der Waals surface area contributed by atoms with E-state index in [-0.39, 0.29) is 28.5 Å². The first-order chi connectivity index (χ1) is 11.8. The lowest BCUT2D eigenvalue weighted by molar-refractivity contribution is -0.137. The van der Waals surface area contributed by atoms with Crippen molar-refractivity contribution in [2.24, 2.45) is 0 Å². The van der Waals surface area contributed by atoms with Crippen LogP contribution in [0.1, 0.15) is 43.1 Å². The highest BCUT2D eigenvalue weighted by Crippen LogP contribution is 2.32. The SMILES string of the molecule is CC(=O)c1cnccc1-c1nc2cc(C(F)(F)F)cnc2o1.CCC. The number of Topliss-reactive ketones (excluding diaryl/α,β-unsaturated/α-hetero) is 1. The molecule has 3 aromatic rings. The highest BCUT2D eigenvalue weighted by molar-refractivity contribution is 5.99. The molecule has 0 spiro atoms. The number of carbonyl (C=O) groups excluding carboxylic acids is 1. The summed E-state index contributed by atoms with van der Waals surface area (Å²) in [4.78, 5) is 23.0. The van der Waals surface area contributed by atoms with E-state index in [1.165, 1.54) is 31.8 Å². The molecule has 0 amide bonds. The quantitative estimate of drug-likeness (QED) is 0.613. The first kappa shape index (κ1) is 18.6. The number of fused-ring (bicyclic) bond motifs is 1. The van der Waals surface area contributed by atoms with Crippen molar-refractivity contribution in [1.82, 2.24) is 15.0 Å². The summed E-state index contributed by atoms with van der Waals surface area (Å²) in [6, 6.07) is 2.36. The molecule has 132 valence electrons. The standard InChI is InChI=1S/C14H8F3N3O2.C3H8/c1-7(21)10-6-18-3-2-9(10)12-20-11-4-8(14(15,16)17)5-19-13(11)22-12;1-3-2/h2-6H,1H3;3H2,1-2H3. The van der Waals surface area contributed by atoms with Crippen molar-refractivity contribution in [3.63, 3.8) is 0 Å².